The van der Waals surface area contributed by atoms with Gasteiger partial charge >= 0.3 is 5.97 Å². The fourth-order valence-electron chi connectivity index (χ4n) is 3.82. The van der Waals surface area contributed by atoms with Crippen LogP contribution in [0.4, 0.5) is 10.7 Å². The van der Waals surface area contributed by atoms with Gasteiger partial charge in [-0.2, -0.15) is 0 Å². The molecule has 1 atom stereocenters. The van der Waals surface area contributed by atoms with Crippen LogP contribution >= 0.6 is 23.6 Å². The molecule has 0 unspecified atom stereocenters. The average molecular weight is 445 g/mol. The first-order chi connectivity index (χ1) is 14.5. The van der Waals surface area contributed by atoms with Gasteiger partial charge in [0.05, 0.1) is 12.2 Å². The molecule has 2 aromatic rings. The number of hydrogen-bond acceptors (Lipinski definition) is 4. The molecule has 2 N–H and O–H groups in total. The van der Waals surface area contributed by atoms with Gasteiger partial charge in [0.1, 0.15) is 5.00 Å². The summed E-state index contributed by atoms with van der Waals surface area (Å²) in [7, 11) is 0. The monoisotopic (exact) mass is 444 g/mol. The molecule has 1 aromatic heterocycles. The first-order valence-corrected chi connectivity index (χ1v) is 12.3. The highest BCUT2D eigenvalue weighted by Crippen LogP contribution is 2.37. The highest BCUT2D eigenvalue weighted by Gasteiger charge is 2.25. The quantitative estimate of drug-likeness (QED) is 0.375. The molecule has 0 aliphatic heterocycles. The Kier molecular flexibility index (Phi) is 8.28. The second kappa shape index (κ2) is 10.9. The van der Waals surface area contributed by atoms with Crippen molar-refractivity contribution < 1.29 is 9.53 Å². The summed E-state index contributed by atoms with van der Waals surface area (Å²) in [5.41, 5.74) is 4.09. The van der Waals surface area contributed by atoms with Crippen LogP contribution in [-0.4, -0.2) is 17.7 Å². The number of fused-ring (bicyclic) bond motifs is 1. The summed E-state index contributed by atoms with van der Waals surface area (Å²) in [6, 6.07) is 8.38. The Hall–Kier alpha value is -1.92. The van der Waals surface area contributed by atoms with Gasteiger partial charge in [0, 0.05) is 10.6 Å². The first kappa shape index (κ1) is 22.8. The molecule has 4 nitrogen and oxygen atoms in total. The Morgan fingerprint density at radius 3 is 2.47 bits per heavy atom. The summed E-state index contributed by atoms with van der Waals surface area (Å²) in [6.07, 6.45) is 7.81. The SMILES string of the molecule is CCOC(=O)c1c(NC(=S)Nc2ccc([C@H](C)CC)cc2)sc2c1CCCCCC2. The molecule has 0 saturated carbocycles. The highest BCUT2D eigenvalue weighted by atomic mass is 32.1. The standard InChI is InChI=1S/C24H32N2O2S2/c1-4-16(3)17-12-14-18(15-13-17)25-24(29)26-22-21(23(27)28-5-2)19-10-8-6-7-9-11-20(19)30-22/h12-16H,4-11H2,1-3H3,(H2,25,26,29)/t16-/m1/s1. The van der Waals surface area contributed by atoms with Gasteiger partial charge in [-0.05, 0) is 80.4 Å². The number of anilines is 2. The fourth-order valence-corrected chi connectivity index (χ4v) is 5.39. The number of thiophene rings is 1. The van der Waals surface area contributed by atoms with E-state index in [2.05, 4.69) is 48.7 Å². The zero-order chi connectivity index (χ0) is 21.5. The van der Waals surface area contributed by atoms with Gasteiger partial charge in [0.2, 0.25) is 0 Å². The molecule has 3 rings (SSSR count). The maximum absolute atomic E-state index is 12.7. The van der Waals surface area contributed by atoms with E-state index < -0.39 is 0 Å². The van der Waals surface area contributed by atoms with Crippen molar-refractivity contribution in [2.24, 2.45) is 0 Å². The normalized spacial score (nSPS) is 14.8. The van der Waals surface area contributed by atoms with Crippen molar-refractivity contribution in [3.05, 3.63) is 45.8 Å². The van der Waals surface area contributed by atoms with Gasteiger partial charge in [-0.15, -0.1) is 11.3 Å². The number of carbonyl (C=O) groups is 1. The van der Waals surface area contributed by atoms with E-state index >= 15 is 0 Å². The van der Waals surface area contributed by atoms with E-state index in [0.717, 1.165) is 41.9 Å². The maximum atomic E-state index is 12.7. The molecule has 0 bridgehead atoms. The largest absolute Gasteiger partial charge is 0.462 e. The molecule has 162 valence electrons. The summed E-state index contributed by atoms with van der Waals surface area (Å²) >= 11 is 7.21. The van der Waals surface area contributed by atoms with Crippen LogP contribution in [-0.2, 0) is 17.6 Å². The van der Waals surface area contributed by atoms with Crippen LogP contribution in [0, 0.1) is 0 Å². The lowest BCUT2D eigenvalue weighted by atomic mass is 9.96. The van der Waals surface area contributed by atoms with Gasteiger partial charge < -0.3 is 15.4 Å². The van der Waals surface area contributed by atoms with Crippen LogP contribution in [0.3, 0.4) is 0 Å². The number of rotatable bonds is 6. The molecule has 6 heteroatoms. The van der Waals surface area contributed by atoms with Crippen LogP contribution in [0.25, 0.3) is 0 Å². The molecule has 30 heavy (non-hydrogen) atoms. The van der Waals surface area contributed by atoms with E-state index in [1.54, 1.807) is 11.3 Å². The third-order valence-corrected chi connectivity index (χ3v) is 7.14. The Morgan fingerprint density at radius 2 is 1.80 bits per heavy atom. The molecular weight excluding hydrogens is 412 g/mol. The zero-order valence-electron chi connectivity index (χ0n) is 18.2. The summed E-state index contributed by atoms with van der Waals surface area (Å²) in [5.74, 6) is 0.292. The smallest absolute Gasteiger partial charge is 0.341 e. The Bertz CT molecular complexity index is 874. The molecule has 1 aromatic carbocycles. The molecule has 0 radical (unpaired) electrons. The minimum absolute atomic E-state index is 0.251. The van der Waals surface area contributed by atoms with Crippen LogP contribution in [0.2, 0.25) is 0 Å². The van der Waals surface area contributed by atoms with Crippen molar-refractivity contribution in [3.63, 3.8) is 0 Å². The molecule has 0 spiro atoms. The second-order valence-electron chi connectivity index (χ2n) is 7.85. The van der Waals surface area contributed by atoms with E-state index in [1.807, 2.05) is 6.92 Å². The number of ether oxygens (including phenoxy) is 1. The molecular formula is C24H32N2O2S2. The van der Waals surface area contributed by atoms with Crippen molar-refractivity contribution in [1.82, 2.24) is 0 Å². The number of nitrogens with one attached hydrogen (secondary N) is 2. The lowest BCUT2D eigenvalue weighted by Gasteiger charge is -2.13. The van der Waals surface area contributed by atoms with Gasteiger partial charge in [0.25, 0.3) is 0 Å². The van der Waals surface area contributed by atoms with Crippen LogP contribution < -0.4 is 10.6 Å². The predicted octanol–water partition coefficient (Wildman–Crippen LogP) is 6.91. The van der Waals surface area contributed by atoms with Gasteiger partial charge in [-0.3, -0.25) is 0 Å². The maximum Gasteiger partial charge on any atom is 0.341 e. The first-order valence-electron chi connectivity index (χ1n) is 11.0. The van der Waals surface area contributed by atoms with E-state index in [1.165, 1.54) is 29.7 Å². The van der Waals surface area contributed by atoms with Crippen molar-refractivity contribution in [1.29, 1.82) is 0 Å². The number of esters is 1. The van der Waals surface area contributed by atoms with E-state index in [4.69, 9.17) is 17.0 Å². The van der Waals surface area contributed by atoms with E-state index in [0.29, 0.717) is 23.2 Å². The fraction of sp³-hybridized carbons (Fsp3) is 0.500. The lowest BCUT2D eigenvalue weighted by Crippen LogP contribution is -2.20. The number of thiocarbonyl (C=S) groups is 1. The van der Waals surface area contributed by atoms with Crippen molar-refractivity contribution in [2.45, 2.75) is 71.6 Å². The summed E-state index contributed by atoms with van der Waals surface area (Å²) in [5, 5.41) is 7.83. The predicted molar refractivity (Wildman–Crippen MR) is 131 cm³/mol. The van der Waals surface area contributed by atoms with Crippen molar-refractivity contribution in [3.8, 4) is 0 Å². The minimum atomic E-state index is -0.251. The second-order valence-corrected chi connectivity index (χ2v) is 9.37. The summed E-state index contributed by atoms with van der Waals surface area (Å²) < 4.78 is 5.38. The topological polar surface area (TPSA) is 50.4 Å². The van der Waals surface area contributed by atoms with Crippen LogP contribution in [0.15, 0.2) is 24.3 Å². The number of aryl methyl sites for hydroxylation is 1. The van der Waals surface area contributed by atoms with Crippen molar-refractivity contribution >= 4 is 45.3 Å². The average Bonchev–Trinajstić information content (AvgIpc) is 3.04. The Labute approximate surface area is 189 Å². The van der Waals surface area contributed by atoms with Gasteiger partial charge in [-0.1, -0.05) is 38.8 Å². The summed E-state index contributed by atoms with van der Waals surface area (Å²) in [6.45, 7) is 6.64. The minimum Gasteiger partial charge on any atom is -0.462 e. The Morgan fingerprint density at radius 1 is 1.10 bits per heavy atom. The number of hydrogen-bond donors (Lipinski definition) is 2. The molecule has 1 heterocycles. The summed E-state index contributed by atoms with van der Waals surface area (Å²) in [4.78, 5) is 14.0. The lowest BCUT2D eigenvalue weighted by molar-refractivity contribution is 0.0526. The zero-order valence-corrected chi connectivity index (χ0v) is 19.8. The molecule has 1 aliphatic rings. The molecule has 0 saturated heterocycles. The molecule has 0 fully saturated rings. The van der Waals surface area contributed by atoms with Crippen molar-refractivity contribution in [2.75, 3.05) is 17.2 Å². The number of carbonyl (C=O) groups excluding carboxylic acids is 1. The number of benzene rings is 1. The molecule has 1 aliphatic carbocycles. The van der Waals surface area contributed by atoms with E-state index in [-0.39, 0.29) is 5.97 Å². The van der Waals surface area contributed by atoms with Crippen LogP contribution in [0.1, 0.15) is 85.2 Å². The van der Waals surface area contributed by atoms with E-state index in [9.17, 15) is 4.79 Å². The third-order valence-electron chi connectivity index (χ3n) is 5.73. The van der Waals surface area contributed by atoms with Crippen LogP contribution in [0.5, 0.6) is 0 Å². The molecule has 0 amide bonds. The van der Waals surface area contributed by atoms with Gasteiger partial charge in [0.15, 0.2) is 5.11 Å². The third kappa shape index (κ3) is 5.61. The Balaban J connectivity index is 1.78. The highest BCUT2D eigenvalue weighted by molar-refractivity contribution is 7.80. The van der Waals surface area contributed by atoms with Gasteiger partial charge in [-0.25, -0.2) is 4.79 Å².